The zero-order chi connectivity index (χ0) is 12.4. The number of likely N-dealkylation sites (N-methyl/N-ethyl adjacent to an activating group) is 1. The first-order valence-electron chi connectivity index (χ1n) is 5.48. The summed E-state index contributed by atoms with van der Waals surface area (Å²) in [5.74, 6) is -0.724. The number of halogens is 1. The van der Waals surface area contributed by atoms with Gasteiger partial charge in [0.1, 0.15) is 11.9 Å². The summed E-state index contributed by atoms with van der Waals surface area (Å²) in [5.41, 5.74) is 0.635. The zero-order valence-electron chi connectivity index (χ0n) is 9.44. The number of hydrogen-bond acceptors (Lipinski definition) is 3. The minimum atomic E-state index is -0.534. The number of likely N-dealkylation sites (tertiary alicyclic amines) is 1. The van der Waals surface area contributed by atoms with Gasteiger partial charge in [0.15, 0.2) is 0 Å². The smallest absolute Gasteiger partial charge is 0.252 e. The van der Waals surface area contributed by atoms with Gasteiger partial charge in [0.05, 0.1) is 6.42 Å². The van der Waals surface area contributed by atoms with Crippen molar-refractivity contribution < 1.29 is 14.0 Å². The number of carbonyl (C=O) groups is 2. The molecule has 0 bridgehead atoms. The normalized spacial score (nSPS) is 19.9. The molecule has 17 heavy (non-hydrogen) atoms. The van der Waals surface area contributed by atoms with Gasteiger partial charge in [-0.1, -0.05) is 0 Å². The van der Waals surface area contributed by atoms with Gasteiger partial charge in [-0.25, -0.2) is 4.39 Å². The van der Waals surface area contributed by atoms with Crippen LogP contribution in [-0.2, 0) is 9.59 Å². The predicted molar refractivity (Wildman–Crippen MR) is 60.8 cm³/mol. The maximum Gasteiger partial charge on any atom is 0.252 e. The number of benzene rings is 1. The van der Waals surface area contributed by atoms with Crippen molar-refractivity contribution in [3.63, 3.8) is 0 Å². The summed E-state index contributed by atoms with van der Waals surface area (Å²) in [5, 5.41) is 2.93. The standard InChI is InChI=1S/C12H13FN2O2/c1-2-15-11(16)7-10(12(15)17)14-9-5-3-8(13)4-6-9/h3-6,10,14H,2,7H2,1H3. The number of carbonyl (C=O) groups excluding carboxylic acids is 2. The fourth-order valence-corrected chi connectivity index (χ4v) is 1.88. The van der Waals surface area contributed by atoms with Crippen LogP contribution in [0.15, 0.2) is 24.3 Å². The van der Waals surface area contributed by atoms with E-state index in [0.717, 1.165) is 0 Å². The van der Waals surface area contributed by atoms with Gasteiger partial charge in [-0.15, -0.1) is 0 Å². The number of rotatable bonds is 3. The van der Waals surface area contributed by atoms with E-state index in [1.54, 1.807) is 19.1 Å². The minimum Gasteiger partial charge on any atom is -0.373 e. The van der Waals surface area contributed by atoms with Crippen LogP contribution in [0.25, 0.3) is 0 Å². The highest BCUT2D eigenvalue weighted by molar-refractivity contribution is 6.06. The highest BCUT2D eigenvalue weighted by atomic mass is 19.1. The van der Waals surface area contributed by atoms with Gasteiger partial charge in [-0.2, -0.15) is 0 Å². The lowest BCUT2D eigenvalue weighted by Crippen LogP contribution is -2.34. The van der Waals surface area contributed by atoms with E-state index < -0.39 is 6.04 Å². The van der Waals surface area contributed by atoms with E-state index >= 15 is 0 Å². The highest BCUT2D eigenvalue weighted by Gasteiger charge is 2.37. The fraction of sp³-hybridized carbons (Fsp3) is 0.333. The lowest BCUT2D eigenvalue weighted by molar-refractivity contribution is -0.138. The quantitative estimate of drug-likeness (QED) is 0.807. The monoisotopic (exact) mass is 236 g/mol. The number of nitrogens with one attached hydrogen (secondary N) is 1. The Morgan fingerprint density at radius 1 is 1.35 bits per heavy atom. The molecule has 2 rings (SSSR count). The molecule has 1 fully saturated rings. The van der Waals surface area contributed by atoms with E-state index in [0.29, 0.717) is 12.2 Å². The molecule has 2 amide bonds. The molecule has 0 aliphatic carbocycles. The maximum atomic E-state index is 12.7. The summed E-state index contributed by atoms with van der Waals surface area (Å²) >= 11 is 0. The molecule has 0 spiro atoms. The zero-order valence-corrected chi connectivity index (χ0v) is 9.44. The van der Waals surface area contributed by atoms with Crippen molar-refractivity contribution in [3.8, 4) is 0 Å². The largest absolute Gasteiger partial charge is 0.373 e. The molecule has 1 saturated heterocycles. The fourth-order valence-electron chi connectivity index (χ4n) is 1.88. The summed E-state index contributed by atoms with van der Waals surface area (Å²) in [4.78, 5) is 24.5. The van der Waals surface area contributed by atoms with Gasteiger partial charge in [0.25, 0.3) is 5.91 Å². The lowest BCUT2D eigenvalue weighted by atomic mass is 10.2. The number of amides is 2. The van der Waals surface area contributed by atoms with Gasteiger partial charge in [-0.3, -0.25) is 14.5 Å². The van der Waals surface area contributed by atoms with Gasteiger partial charge >= 0.3 is 0 Å². The average Bonchev–Trinajstić information content (AvgIpc) is 2.57. The van der Waals surface area contributed by atoms with Crippen molar-refractivity contribution in [3.05, 3.63) is 30.1 Å². The van der Waals surface area contributed by atoms with E-state index in [1.807, 2.05) is 0 Å². The molecule has 5 heteroatoms. The van der Waals surface area contributed by atoms with Crippen LogP contribution in [-0.4, -0.2) is 29.3 Å². The topological polar surface area (TPSA) is 49.4 Å². The third-order valence-corrected chi connectivity index (χ3v) is 2.75. The van der Waals surface area contributed by atoms with Crippen LogP contribution in [0.2, 0.25) is 0 Å². The second-order valence-electron chi connectivity index (χ2n) is 3.88. The first kappa shape index (κ1) is 11.6. The van der Waals surface area contributed by atoms with Crippen LogP contribution in [0.1, 0.15) is 13.3 Å². The van der Waals surface area contributed by atoms with Crippen LogP contribution >= 0.6 is 0 Å². The van der Waals surface area contributed by atoms with E-state index in [-0.39, 0.29) is 24.1 Å². The highest BCUT2D eigenvalue weighted by Crippen LogP contribution is 2.18. The molecule has 0 aromatic heterocycles. The van der Waals surface area contributed by atoms with E-state index in [9.17, 15) is 14.0 Å². The van der Waals surface area contributed by atoms with Crippen LogP contribution in [0, 0.1) is 5.82 Å². The Bertz CT molecular complexity index is 444. The molecule has 1 heterocycles. The minimum absolute atomic E-state index is 0.157. The molecule has 1 aromatic rings. The Morgan fingerprint density at radius 2 is 2.00 bits per heavy atom. The van der Waals surface area contributed by atoms with Crippen molar-refractivity contribution in [1.29, 1.82) is 0 Å². The van der Waals surface area contributed by atoms with Crippen LogP contribution in [0.5, 0.6) is 0 Å². The average molecular weight is 236 g/mol. The SMILES string of the molecule is CCN1C(=O)CC(Nc2ccc(F)cc2)C1=O. The number of imide groups is 1. The van der Waals surface area contributed by atoms with Crippen LogP contribution < -0.4 is 5.32 Å². The molecule has 1 unspecified atom stereocenters. The molecule has 0 saturated carbocycles. The first-order valence-corrected chi connectivity index (χ1v) is 5.48. The van der Waals surface area contributed by atoms with Crippen molar-refractivity contribution in [1.82, 2.24) is 4.90 Å². The van der Waals surface area contributed by atoms with Crippen molar-refractivity contribution in [2.75, 3.05) is 11.9 Å². The molecular weight excluding hydrogens is 223 g/mol. The van der Waals surface area contributed by atoms with Crippen LogP contribution in [0.3, 0.4) is 0 Å². The molecule has 1 atom stereocenters. The van der Waals surface area contributed by atoms with Crippen molar-refractivity contribution in [2.24, 2.45) is 0 Å². The van der Waals surface area contributed by atoms with E-state index in [1.165, 1.54) is 17.0 Å². The molecule has 1 aliphatic rings. The third-order valence-electron chi connectivity index (χ3n) is 2.75. The Kier molecular flexibility index (Phi) is 3.08. The summed E-state index contributed by atoms with van der Waals surface area (Å²) in [6.45, 7) is 2.15. The Balaban J connectivity index is 2.08. The van der Waals surface area contributed by atoms with E-state index in [4.69, 9.17) is 0 Å². The summed E-state index contributed by atoms with van der Waals surface area (Å²) in [7, 11) is 0. The molecule has 1 aliphatic heterocycles. The molecule has 0 radical (unpaired) electrons. The second kappa shape index (κ2) is 4.53. The van der Waals surface area contributed by atoms with E-state index in [2.05, 4.69) is 5.32 Å². The molecule has 4 nitrogen and oxygen atoms in total. The second-order valence-corrected chi connectivity index (χ2v) is 3.88. The van der Waals surface area contributed by atoms with Crippen LogP contribution in [0.4, 0.5) is 10.1 Å². The first-order chi connectivity index (χ1) is 8.11. The van der Waals surface area contributed by atoms with Gasteiger partial charge in [-0.05, 0) is 31.2 Å². The predicted octanol–water partition coefficient (Wildman–Crippen LogP) is 1.39. The molecule has 1 aromatic carbocycles. The summed E-state index contributed by atoms with van der Waals surface area (Å²) < 4.78 is 12.7. The Morgan fingerprint density at radius 3 is 2.53 bits per heavy atom. The number of nitrogens with zero attached hydrogens (tertiary/aromatic N) is 1. The summed E-state index contributed by atoms with van der Waals surface area (Å²) in [6.07, 6.45) is 0.157. The Hall–Kier alpha value is -1.91. The third kappa shape index (κ3) is 2.27. The van der Waals surface area contributed by atoms with Crippen molar-refractivity contribution in [2.45, 2.75) is 19.4 Å². The molecule has 1 N–H and O–H groups in total. The number of hydrogen-bond donors (Lipinski definition) is 1. The number of anilines is 1. The van der Waals surface area contributed by atoms with Gasteiger partial charge < -0.3 is 5.32 Å². The summed E-state index contributed by atoms with van der Waals surface area (Å²) in [6, 6.07) is 5.17. The van der Waals surface area contributed by atoms with Crippen molar-refractivity contribution >= 4 is 17.5 Å². The van der Waals surface area contributed by atoms with Gasteiger partial charge in [0, 0.05) is 12.2 Å². The maximum absolute atomic E-state index is 12.7. The lowest BCUT2D eigenvalue weighted by Gasteiger charge is -2.13. The van der Waals surface area contributed by atoms with Gasteiger partial charge in [0.2, 0.25) is 5.91 Å². The Labute approximate surface area is 98.4 Å². The molecule has 90 valence electrons. The molecular formula is C12H13FN2O2.